The van der Waals surface area contributed by atoms with Gasteiger partial charge >= 0.3 is 0 Å². The summed E-state index contributed by atoms with van der Waals surface area (Å²) in [6, 6.07) is 3.32. The number of carbonyl (C=O) groups excluding carboxylic acids is 1. The summed E-state index contributed by atoms with van der Waals surface area (Å²) in [6.07, 6.45) is 6.37. The zero-order valence-corrected chi connectivity index (χ0v) is 13.0. The van der Waals surface area contributed by atoms with E-state index >= 15 is 0 Å². The molecule has 1 aliphatic carbocycles. The number of carbonyl (C=O) groups is 1. The Morgan fingerprint density at radius 3 is 3.00 bits per heavy atom. The molecule has 21 heavy (non-hydrogen) atoms. The maximum atomic E-state index is 11.7. The van der Waals surface area contributed by atoms with Crippen LogP contribution in [0.5, 0.6) is 0 Å². The highest BCUT2D eigenvalue weighted by atomic mass is 79.9. The molecule has 0 saturated carbocycles. The van der Waals surface area contributed by atoms with E-state index in [9.17, 15) is 4.79 Å². The van der Waals surface area contributed by atoms with Crippen molar-refractivity contribution >= 4 is 27.5 Å². The van der Waals surface area contributed by atoms with Crippen LogP contribution in [0.2, 0.25) is 0 Å². The van der Waals surface area contributed by atoms with Crippen molar-refractivity contribution < 1.29 is 4.79 Å². The van der Waals surface area contributed by atoms with Crippen LogP contribution in [-0.2, 0) is 17.6 Å². The zero-order valence-electron chi connectivity index (χ0n) is 11.4. The van der Waals surface area contributed by atoms with E-state index in [-0.39, 0.29) is 5.91 Å². The molecule has 5 nitrogen and oxygen atoms in total. The van der Waals surface area contributed by atoms with Crippen molar-refractivity contribution in [1.82, 2.24) is 9.55 Å². The summed E-state index contributed by atoms with van der Waals surface area (Å²) < 4.78 is 3.05. The summed E-state index contributed by atoms with van der Waals surface area (Å²) in [7, 11) is 0. The van der Waals surface area contributed by atoms with Crippen LogP contribution in [0.15, 0.2) is 22.9 Å². The molecular formula is C15H15BrN4O. The average Bonchev–Trinajstić information content (AvgIpc) is 3.02. The Bertz CT molecular complexity index is 752. The van der Waals surface area contributed by atoms with Gasteiger partial charge in [-0.25, -0.2) is 4.98 Å². The van der Waals surface area contributed by atoms with Crippen LogP contribution in [0.3, 0.4) is 0 Å². The quantitative estimate of drug-likeness (QED) is 0.832. The van der Waals surface area contributed by atoms with Crippen LogP contribution in [0, 0.1) is 0 Å². The van der Waals surface area contributed by atoms with Crippen LogP contribution >= 0.6 is 15.9 Å². The summed E-state index contributed by atoms with van der Waals surface area (Å²) in [6.45, 7) is 0. The fraction of sp³-hybridized carbons (Fsp3) is 0.333. The van der Waals surface area contributed by atoms with Gasteiger partial charge in [-0.2, -0.15) is 0 Å². The van der Waals surface area contributed by atoms with Crippen LogP contribution in [0.25, 0.3) is 5.69 Å². The minimum atomic E-state index is -0.581. The Hall–Kier alpha value is -1.66. The van der Waals surface area contributed by atoms with Crippen LogP contribution in [0.4, 0.5) is 5.69 Å². The number of aromatic nitrogens is 2. The van der Waals surface area contributed by atoms with Gasteiger partial charge in [-0.1, -0.05) is 0 Å². The third-order valence-corrected chi connectivity index (χ3v) is 4.92. The predicted molar refractivity (Wildman–Crippen MR) is 83.5 cm³/mol. The number of nitrogens with one attached hydrogen (secondary N) is 1. The van der Waals surface area contributed by atoms with E-state index in [1.165, 1.54) is 24.2 Å². The number of rotatable bonds is 1. The van der Waals surface area contributed by atoms with E-state index in [1.807, 2.05) is 18.5 Å². The van der Waals surface area contributed by atoms with Gasteiger partial charge in [-0.05, 0) is 53.7 Å². The van der Waals surface area contributed by atoms with Crippen LogP contribution < -0.4 is 11.1 Å². The number of nitrogens with zero attached hydrogens (tertiary/aromatic N) is 2. The van der Waals surface area contributed by atoms with Crippen molar-refractivity contribution in [3.63, 3.8) is 0 Å². The lowest BCUT2D eigenvalue weighted by atomic mass is 10.0. The van der Waals surface area contributed by atoms with Gasteiger partial charge in [-0.3, -0.25) is 4.79 Å². The fourth-order valence-corrected chi connectivity index (χ4v) is 3.71. The standard InChI is InChI=1S/C15H15BrN4O/c16-9-5-8-11(19-15(21)14(8)17)6-13(9)20-7-18-10-3-1-2-4-12(10)20/h5-7,14H,1-4,17H2,(H,19,21). The number of anilines is 1. The number of halogens is 1. The minimum absolute atomic E-state index is 0.151. The molecule has 0 spiro atoms. The molecule has 2 aliphatic rings. The summed E-state index contributed by atoms with van der Waals surface area (Å²) in [5.41, 5.74) is 11.0. The van der Waals surface area contributed by atoms with E-state index in [2.05, 4.69) is 30.8 Å². The molecule has 6 heteroatoms. The van der Waals surface area contributed by atoms with Crippen molar-refractivity contribution in [3.05, 3.63) is 39.9 Å². The van der Waals surface area contributed by atoms with Crippen LogP contribution in [0.1, 0.15) is 35.8 Å². The van der Waals surface area contributed by atoms with E-state index < -0.39 is 6.04 Å². The van der Waals surface area contributed by atoms with Crippen molar-refractivity contribution in [2.24, 2.45) is 5.73 Å². The van der Waals surface area contributed by atoms with Gasteiger partial charge in [0.15, 0.2) is 0 Å². The number of aryl methyl sites for hydroxylation is 1. The van der Waals surface area contributed by atoms with E-state index in [4.69, 9.17) is 5.73 Å². The molecule has 2 aromatic rings. The topological polar surface area (TPSA) is 72.9 Å². The SMILES string of the molecule is NC1C(=O)Nc2cc(-n3cnc4c3CCCC4)c(Br)cc21. The zero-order chi connectivity index (χ0) is 14.6. The number of hydrogen-bond acceptors (Lipinski definition) is 3. The van der Waals surface area contributed by atoms with E-state index in [1.54, 1.807) is 0 Å². The van der Waals surface area contributed by atoms with Gasteiger partial charge in [0, 0.05) is 21.4 Å². The molecule has 4 rings (SSSR count). The molecule has 1 aliphatic heterocycles. The molecule has 108 valence electrons. The smallest absolute Gasteiger partial charge is 0.245 e. The minimum Gasteiger partial charge on any atom is -0.324 e. The number of hydrogen-bond donors (Lipinski definition) is 2. The molecule has 1 amide bonds. The Kier molecular flexibility index (Phi) is 2.90. The molecule has 3 N–H and O–H groups in total. The molecule has 1 atom stereocenters. The third kappa shape index (κ3) is 1.93. The first-order valence-electron chi connectivity index (χ1n) is 7.10. The molecule has 1 aromatic heterocycles. The van der Waals surface area contributed by atoms with Crippen molar-refractivity contribution in [2.75, 3.05) is 5.32 Å². The molecule has 0 radical (unpaired) electrons. The van der Waals surface area contributed by atoms with Gasteiger partial charge in [0.25, 0.3) is 0 Å². The normalized spacial score (nSPS) is 20.1. The lowest BCUT2D eigenvalue weighted by Crippen LogP contribution is -2.19. The molecule has 1 aromatic carbocycles. The Morgan fingerprint density at radius 1 is 1.33 bits per heavy atom. The molecule has 2 heterocycles. The second-order valence-corrected chi connectivity index (χ2v) is 6.43. The summed E-state index contributed by atoms with van der Waals surface area (Å²) >= 11 is 3.60. The first kappa shape index (κ1) is 13.0. The van der Waals surface area contributed by atoms with Gasteiger partial charge in [0.05, 0.1) is 17.7 Å². The molecule has 0 saturated heterocycles. The first-order chi connectivity index (χ1) is 10.1. The average molecular weight is 347 g/mol. The summed E-state index contributed by atoms with van der Waals surface area (Å²) in [5.74, 6) is -0.151. The molecule has 0 bridgehead atoms. The van der Waals surface area contributed by atoms with E-state index in [0.29, 0.717) is 0 Å². The number of benzene rings is 1. The number of amides is 1. The predicted octanol–water partition coefficient (Wildman–Crippen LogP) is 2.47. The number of fused-ring (bicyclic) bond motifs is 2. The third-order valence-electron chi connectivity index (χ3n) is 4.28. The largest absolute Gasteiger partial charge is 0.324 e. The molecule has 1 unspecified atom stereocenters. The monoisotopic (exact) mass is 346 g/mol. The van der Waals surface area contributed by atoms with Gasteiger partial charge < -0.3 is 15.6 Å². The highest BCUT2D eigenvalue weighted by Crippen LogP contribution is 2.37. The second-order valence-electron chi connectivity index (χ2n) is 5.57. The second kappa shape index (κ2) is 4.68. The lowest BCUT2D eigenvalue weighted by Gasteiger charge is -2.16. The van der Waals surface area contributed by atoms with Gasteiger partial charge in [0.1, 0.15) is 6.04 Å². The summed E-state index contributed by atoms with van der Waals surface area (Å²) in [4.78, 5) is 16.2. The van der Waals surface area contributed by atoms with Gasteiger partial charge in [-0.15, -0.1) is 0 Å². The fourth-order valence-electron chi connectivity index (χ4n) is 3.16. The Morgan fingerprint density at radius 2 is 2.14 bits per heavy atom. The molecule has 0 fully saturated rings. The van der Waals surface area contributed by atoms with Crippen LogP contribution in [-0.4, -0.2) is 15.5 Å². The Balaban J connectivity index is 1.85. The first-order valence-corrected chi connectivity index (χ1v) is 7.90. The van der Waals surface area contributed by atoms with Crippen molar-refractivity contribution in [2.45, 2.75) is 31.7 Å². The highest BCUT2D eigenvalue weighted by molar-refractivity contribution is 9.10. The highest BCUT2D eigenvalue weighted by Gasteiger charge is 2.29. The van der Waals surface area contributed by atoms with Crippen molar-refractivity contribution in [1.29, 1.82) is 0 Å². The maximum absolute atomic E-state index is 11.7. The van der Waals surface area contributed by atoms with Crippen molar-refractivity contribution in [3.8, 4) is 5.69 Å². The number of nitrogens with two attached hydrogens (primary N) is 1. The van der Waals surface area contributed by atoms with E-state index in [0.717, 1.165) is 34.3 Å². The number of imidazole rings is 1. The maximum Gasteiger partial charge on any atom is 0.245 e. The Labute approximate surface area is 130 Å². The summed E-state index contributed by atoms with van der Waals surface area (Å²) in [5, 5.41) is 2.84. The lowest BCUT2D eigenvalue weighted by molar-refractivity contribution is -0.116. The molecular weight excluding hydrogens is 332 g/mol. The van der Waals surface area contributed by atoms with Gasteiger partial charge in [0.2, 0.25) is 5.91 Å².